The first-order valence-electron chi connectivity index (χ1n) is 5.72. The highest BCUT2D eigenvalue weighted by Gasteiger charge is 2.24. The molecule has 1 unspecified atom stereocenters. The number of hydrogen-bond donors (Lipinski definition) is 2. The molecule has 1 rings (SSSR count). The van der Waals surface area contributed by atoms with E-state index in [0.717, 1.165) is 19.6 Å². The molecule has 88 valence electrons. The molecule has 1 atom stereocenters. The minimum atomic E-state index is -0.779. The molecule has 1 heterocycles. The average Bonchev–Trinajstić information content (AvgIpc) is 2.54. The summed E-state index contributed by atoms with van der Waals surface area (Å²) in [4.78, 5) is 14.0. The Bertz CT molecular complexity index is 216. The Labute approximate surface area is 92.2 Å². The van der Waals surface area contributed by atoms with Crippen LogP contribution in [0.15, 0.2) is 0 Å². The van der Waals surface area contributed by atoms with Gasteiger partial charge in [-0.25, -0.2) is 0 Å². The summed E-state index contributed by atoms with van der Waals surface area (Å²) >= 11 is 0. The quantitative estimate of drug-likeness (QED) is 0.707. The fraction of sp³-hybridized carbons (Fsp3) is 0.909. The minimum Gasteiger partial charge on any atom is -0.351 e. The Morgan fingerprint density at radius 1 is 1.47 bits per heavy atom. The van der Waals surface area contributed by atoms with Gasteiger partial charge in [-0.15, -0.1) is 0 Å². The number of nitrogens with two attached hydrogens (primary N) is 1. The summed E-state index contributed by atoms with van der Waals surface area (Å²) in [6.45, 7) is 8.73. The van der Waals surface area contributed by atoms with Gasteiger partial charge in [0.2, 0.25) is 5.91 Å². The molecule has 1 aliphatic heterocycles. The second-order valence-corrected chi connectivity index (χ2v) is 5.10. The number of rotatable bonds is 4. The molecule has 3 N–H and O–H groups in total. The van der Waals surface area contributed by atoms with E-state index in [2.05, 4.69) is 10.2 Å². The van der Waals surface area contributed by atoms with Crippen LogP contribution in [0.1, 0.15) is 33.6 Å². The summed E-state index contributed by atoms with van der Waals surface area (Å²) < 4.78 is 0. The van der Waals surface area contributed by atoms with Gasteiger partial charge < -0.3 is 16.0 Å². The van der Waals surface area contributed by atoms with Crippen LogP contribution in [0.5, 0.6) is 0 Å². The van der Waals surface area contributed by atoms with Crippen molar-refractivity contribution in [2.24, 2.45) is 5.73 Å². The maximum absolute atomic E-state index is 11.6. The highest BCUT2D eigenvalue weighted by atomic mass is 16.2. The summed E-state index contributed by atoms with van der Waals surface area (Å²) in [7, 11) is 0. The molecule has 4 heteroatoms. The van der Waals surface area contributed by atoms with Crippen molar-refractivity contribution in [1.82, 2.24) is 10.2 Å². The first-order chi connectivity index (χ1) is 6.89. The maximum atomic E-state index is 11.6. The molecule has 0 aromatic heterocycles. The van der Waals surface area contributed by atoms with Crippen LogP contribution in [0, 0.1) is 0 Å². The molecule has 0 bridgehead atoms. The number of carbonyl (C=O) groups excluding carboxylic acids is 1. The van der Waals surface area contributed by atoms with Crippen LogP contribution in [0.2, 0.25) is 0 Å². The van der Waals surface area contributed by atoms with Gasteiger partial charge >= 0.3 is 0 Å². The van der Waals surface area contributed by atoms with E-state index in [1.807, 2.05) is 6.92 Å². The van der Waals surface area contributed by atoms with Crippen molar-refractivity contribution in [2.45, 2.75) is 45.2 Å². The van der Waals surface area contributed by atoms with Gasteiger partial charge in [0.15, 0.2) is 0 Å². The number of carbonyl (C=O) groups is 1. The van der Waals surface area contributed by atoms with E-state index in [0.29, 0.717) is 0 Å². The lowest BCUT2D eigenvalue weighted by molar-refractivity contribution is -0.125. The van der Waals surface area contributed by atoms with Gasteiger partial charge in [-0.1, -0.05) is 0 Å². The highest BCUT2D eigenvalue weighted by molar-refractivity contribution is 5.85. The van der Waals surface area contributed by atoms with Gasteiger partial charge in [-0.3, -0.25) is 4.79 Å². The summed E-state index contributed by atoms with van der Waals surface area (Å²) in [6.07, 6.45) is 2.56. The number of nitrogens with one attached hydrogen (secondary N) is 1. The SMILES string of the molecule is CC(CN1CCCC1)NC(=O)C(C)(C)N. The lowest BCUT2D eigenvalue weighted by atomic mass is 10.1. The normalized spacial score (nSPS) is 20.3. The Hall–Kier alpha value is -0.610. The zero-order valence-corrected chi connectivity index (χ0v) is 10.0. The van der Waals surface area contributed by atoms with E-state index in [4.69, 9.17) is 5.73 Å². The van der Waals surface area contributed by atoms with Crippen molar-refractivity contribution >= 4 is 5.91 Å². The number of nitrogens with zero attached hydrogens (tertiary/aromatic N) is 1. The monoisotopic (exact) mass is 213 g/mol. The predicted molar refractivity (Wildman–Crippen MR) is 61.5 cm³/mol. The molecule has 0 aliphatic carbocycles. The van der Waals surface area contributed by atoms with E-state index in [-0.39, 0.29) is 11.9 Å². The van der Waals surface area contributed by atoms with Crippen molar-refractivity contribution < 1.29 is 4.79 Å². The second kappa shape index (κ2) is 4.94. The van der Waals surface area contributed by atoms with Gasteiger partial charge in [0.05, 0.1) is 5.54 Å². The van der Waals surface area contributed by atoms with E-state index < -0.39 is 5.54 Å². The molecule has 0 saturated carbocycles. The summed E-state index contributed by atoms with van der Waals surface area (Å²) in [5.74, 6) is -0.0748. The summed E-state index contributed by atoms with van der Waals surface area (Å²) in [5, 5.41) is 2.94. The molecule has 1 saturated heterocycles. The van der Waals surface area contributed by atoms with Gasteiger partial charge in [-0.2, -0.15) is 0 Å². The van der Waals surface area contributed by atoms with Crippen LogP contribution in [0.25, 0.3) is 0 Å². The maximum Gasteiger partial charge on any atom is 0.239 e. The van der Waals surface area contributed by atoms with Crippen molar-refractivity contribution in [3.05, 3.63) is 0 Å². The third-order valence-corrected chi connectivity index (χ3v) is 2.69. The third kappa shape index (κ3) is 4.18. The van der Waals surface area contributed by atoms with Crippen LogP contribution in [-0.4, -0.2) is 42.0 Å². The molecule has 1 aliphatic rings. The highest BCUT2D eigenvalue weighted by Crippen LogP contribution is 2.07. The van der Waals surface area contributed by atoms with Crippen LogP contribution in [0.4, 0.5) is 0 Å². The van der Waals surface area contributed by atoms with E-state index in [1.165, 1.54) is 12.8 Å². The molecule has 4 nitrogen and oxygen atoms in total. The average molecular weight is 213 g/mol. The topological polar surface area (TPSA) is 58.4 Å². The molecule has 0 radical (unpaired) electrons. The Morgan fingerprint density at radius 3 is 2.47 bits per heavy atom. The van der Waals surface area contributed by atoms with Crippen molar-refractivity contribution in [3.8, 4) is 0 Å². The van der Waals surface area contributed by atoms with Crippen LogP contribution >= 0.6 is 0 Å². The van der Waals surface area contributed by atoms with Crippen molar-refractivity contribution in [1.29, 1.82) is 0 Å². The van der Waals surface area contributed by atoms with Crippen molar-refractivity contribution in [2.75, 3.05) is 19.6 Å². The van der Waals surface area contributed by atoms with Gasteiger partial charge in [0, 0.05) is 12.6 Å². The van der Waals surface area contributed by atoms with Gasteiger partial charge in [-0.05, 0) is 46.7 Å². The van der Waals surface area contributed by atoms with Crippen LogP contribution < -0.4 is 11.1 Å². The van der Waals surface area contributed by atoms with Crippen LogP contribution in [0.3, 0.4) is 0 Å². The van der Waals surface area contributed by atoms with Gasteiger partial charge in [0.25, 0.3) is 0 Å². The molecule has 0 aromatic rings. The lowest BCUT2D eigenvalue weighted by Crippen LogP contribution is -2.53. The van der Waals surface area contributed by atoms with E-state index in [9.17, 15) is 4.79 Å². The summed E-state index contributed by atoms with van der Waals surface area (Å²) in [6, 6.07) is 0.179. The fourth-order valence-corrected chi connectivity index (χ4v) is 1.81. The zero-order valence-electron chi connectivity index (χ0n) is 10.0. The van der Waals surface area contributed by atoms with E-state index >= 15 is 0 Å². The number of likely N-dealkylation sites (tertiary alicyclic amines) is 1. The molecule has 1 amide bonds. The largest absolute Gasteiger partial charge is 0.351 e. The molecule has 0 aromatic carbocycles. The predicted octanol–water partition coefficient (Wildman–Crippen LogP) is 0.324. The first kappa shape index (κ1) is 12.5. The minimum absolute atomic E-state index is 0.0748. The molecule has 0 spiro atoms. The molecular weight excluding hydrogens is 190 g/mol. The summed E-state index contributed by atoms with van der Waals surface area (Å²) in [5.41, 5.74) is 4.93. The number of hydrogen-bond acceptors (Lipinski definition) is 3. The smallest absolute Gasteiger partial charge is 0.239 e. The molecule has 1 fully saturated rings. The second-order valence-electron chi connectivity index (χ2n) is 5.10. The first-order valence-corrected chi connectivity index (χ1v) is 5.72. The molecule has 15 heavy (non-hydrogen) atoms. The van der Waals surface area contributed by atoms with E-state index in [1.54, 1.807) is 13.8 Å². The molecular formula is C11H23N3O. The van der Waals surface area contributed by atoms with Crippen LogP contribution in [-0.2, 0) is 4.79 Å². The Balaban J connectivity index is 2.28. The fourth-order valence-electron chi connectivity index (χ4n) is 1.81. The Kier molecular flexibility index (Phi) is 4.11. The van der Waals surface area contributed by atoms with Crippen molar-refractivity contribution in [3.63, 3.8) is 0 Å². The lowest BCUT2D eigenvalue weighted by Gasteiger charge is -2.25. The Morgan fingerprint density at radius 2 is 2.00 bits per heavy atom. The van der Waals surface area contributed by atoms with Gasteiger partial charge in [0.1, 0.15) is 0 Å². The standard InChI is InChI=1S/C11H23N3O/c1-9(8-14-6-4-5-7-14)13-10(15)11(2,3)12/h9H,4-8,12H2,1-3H3,(H,13,15). The zero-order chi connectivity index (χ0) is 11.5. The third-order valence-electron chi connectivity index (χ3n) is 2.69. The number of amides is 1.